The van der Waals surface area contributed by atoms with Gasteiger partial charge >= 0.3 is 5.97 Å². The van der Waals surface area contributed by atoms with Gasteiger partial charge in [0.1, 0.15) is 17.5 Å². The highest BCUT2D eigenvalue weighted by Crippen LogP contribution is 2.24. The summed E-state index contributed by atoms with van der Waals surface area (Å²) in [6, 6.07) is 4.27. The van der Waals surface area contributed by atoms with Crippen LogP contribution in [0.3, 0.4) is 0 Å². The fourth-order valence-electron chi connectivity index (χ4n) is 1.85. The van der Waals surface area contributed by atoms with Crippen molar-refractivity contribution in [1.29, 1.82) is 0 Å². The van der Waals surface area contributed by atoms with E-state index in [1.165, 1.54) is 13.2 Å². The first-order valence-electron chi connectivity index (χ1n) is 6.82. The van der Waals surface area contributed by atoms with Crippen LogP contribution in [0, 0.1) is 5.92 Å². The molecule has 0 aliphatic carbocycles. The van der Waals surface area contributed by atoms with Crippen molar-refractivity contribution < 1.29 is 24.2 Å². The molecule has 120 valence electrons. The fourth-order valence-corrected chi connectivity index (χ4v) is 1.85. The number of carboxylic acid groups (broad SMARTS) is 1. The highest BCUT2D eigenvalue weighted by atomic mass is 16.5. The molecule has 1 aromatic carbocycles. The number of carbonyl (C=O) groups excluding carboxylic acids is 1. The standard InChI is InChI=1S/C16H21NO5/c1-10(2)15(16(19)20)17-14(18)8-5-11-9-12(21-3)6-7-13(11)22-4/h5-10,15H,1-4H3,(H,17,18)(H,19,20)/b8-5+/t15-/m0/s1. The van der Waals surface area contributed by atoms with Crippen LogP contribution in [0.1, 0.15) is 19.4 Å². The van der Waals surface area contributed by atoms with E-state index in [1.807, 2.05) is 0 Å². The van der Waals surface area contributed by atoms with E-state index in [1.54, 1.807) is 45.2 Å². The van der Waals surface area contributed by atoms with Crippen LogP contribution in [-0.4, -0.2) is 37.2 Å². The Hall–Kier alpha value is -2.50. The number of carboxylic acids is 1. The molecule has 0 heterocycles. The third-order valence-corrected chi connectivity index (χ3v) is 3.08. The van der Waals surface area contributed by atoms with E-state index >= 15 is 0 Å². The van der Waals surface area contributed by atoms with Crippen molar-refractivity contribution in [2.75, 3.05) is 14.2 Å². The minimum atomic E-state index is -1.06. The molecule has 0 unspecified atom stereocenters. The first-order valence-corrected chi connectivity index (χ1v) is 6.82. The Morgan fingerprint density at radius 2 is 1.91 bits per heavy atom. The van der Waals surface area contributed by atoms with Crippen LogP contribution < -0.4 is 14.8 Å². The van der Waals surface area contributed by atoms with Gasteiger partial charge in [0.15, 0.2) is 0 Å². The minimum Gasteiger partial charge on any atom is -0.497 e. The Labute approximate surface area is 129 Å². The van der Waals surface area contributed by atoms with Gasteiger partial charge in [-0.25, -0.2) is 4.79 Å². The van der Waals surface area contributed by atoms with Crippen molar-refractivity contribution in [3.05, 3.63) is 29.8 Å². The molecule has 6 nitrogen and oxygen atoms in total. The molecule has 0 aliphatic rings. The molecule has 0 spiro atoms. The number of nitrogens with one attached hydrogen (secondary N) is 1. The summed E-state index contributed by atoms with van der Waals surface area (Å²) in [6.07, 6.45) is 2.82. The maximum absolute atomic E-state index is 11.9. The minimum absolute atomic E-state index is 0.207. The zero-order chi connectivity index (χ0) is 16.7. The summed E-state index contributed by atoms with van der Waals surface area (Å²) in [5, 5.41) is 11.5. The van der Waals surface area contributed by atoms with Gasteiger partial charge in [0.25, 0.3) is 0 Å². The molecule has 0 bridgehead atoms. The maximum atomic E-state index is 11.9. The molecule has 1 rings (SSSR count). The van der Waals surface area contributed by atoms with Crippen LogP contribution in [0.25, 0.3) is 6.08 Å². The van der Waals surface area contributed by atoms with E-state index in [-0.39, 0.29) is 5.92 Å². The van der Waals surface area contributed by atoms with Crippen LogP contribution >= 0.6 is 0 Å². The van der Waals surface area contributed by atoms with Crippen LogP contribution in [0.5, 0.6) is 11.5 Å². The average Bonchev–Trinajstić information content (AvgIpc) is 2.49. The summed E-state index contributed by atoms with van der Waals surface area (Å²) in [7, 11) is 3.07. The van der Waals surface area contributed by atoms with Crippen molar-refractivity contribution in [1.82, 2.24) is 5.32 Å². The summed E-state index contributed by atoms with van der Waals surface area (Å²) in [6.45, 7) is 3.46. The van der Waals surface area contributed by atoms with Gasteiger partial charge < -0.3 is 19.9 Å². The first-order chi connectivity index (χ1) is 10.4. The van der Waals surface area contributed by atoms with E-state index in [0.29, 0.717) is 17.1 Å². The third kappa shape index (κ3) is 4.80. The second kappa shape index (κ2) is 8.07. The molecule has 0 fully saturated rings. The Bertz CT molecular complexity index is 566. The number of hydrogen-bond donors (Lipinski definition) is 2. The van der Waals surface area contributed by atoms with Crippen LogP contribution in [-0.2, 0) is 9.59 Å². The zero-order valence-electron chi connectivity index (χ0n) is 13.1. The number of ether oxygens (including phenoxy) is 2. The lowest BCUT2D eigenvalue weighted by Crippen LogP contribution is -2.43. The topological polar surface area (TPSA) is 84.9 Å². The van der Waals surface area contributed by atoms with E-state index < -0.39 is 17.9 Å². The predicted octanol–water partition coefficient (Wildman–Crippen LogP) is 1.94. The lowest BCUT2D eigenvalue weighted by Gasteiger charge is -2.16. The van der Waals surface area contributed by atoms with Crippen LogP contribution in [0.15, 0.2) is 24.3 Å². The van der Waals surface area contributed by atoms with Crippen molar-refractivity contribution in [2.24, 2.45) is 5.92 Å². The van der Waals surface area contributed by atoms with Gasteiger partial charge in [-0.3, -0.25) is 4.79 Å². The van der Waals surface area contributed by atoms with Gasteiger partial charge in [-0.1, -0.05) is 13.8 Å². The lowest BCUT2D eigenvalue weighted by molar-refractivity contribution is -0.142. The third-order valence-electron chi connectivity index (χ3n) is 3.08. The molecule has 2 N–H and O–H groups in total. The van der Waals surface area contributed by atoms with E-state index in [9.17, 15) is 9.59 Å². The van der Waals surface area contributed by atoms with Gasteiger partial charge in [0.2, 0.25) is 5.91 Å². The highest BCUT2D eigenvalue weighted by molar-refractivity contribution is 5.94. The smallest absolute Gasteiger partial charge is 0.326 e. The molecule has 0 aromatic heterocycles. The molecule has 1 amide bonds. The molecule has 0 radical (unpaired) electrons. The lowest BCUT2D eigenvalue weighted by atomic mass is 10.0. The molecule has 1 atom stereocenters. The van der Waals surface area contributed by atoms with Crippen molar-refractivity contribution in [3.63, 3.8) is 0 Å². The summed E-state index contributed by atoms with van der Waals surface area (Å²) < 4.78 is 10.3. The molecular weight excluding hydrogens is 286 g/mol. The number of carbonyl (C=O) groups is 2. The predicted molar refractivity (Wildman–Crippen MR) is 83.0 cm³/mol. The average molecular weight is 307 g/mol. The Morgan fingerprint density at radius 1 is 1.23 bits per heavy atom. The van der Waals surface area contributed by atoms with Crippen LogP contribution in [0.4, 0.5) is 0 Å². The van der Waals surface area contributed by atoms with E-state index in [4.69, 9.17) is 14.6 Å². The van der Waals surface area contributed by atoms with Gasteiger partial charge in [-0.15, -0.1) is 0 Å². The van der Waals surface area contributed by atoms with Gasteiger partial charge in [-0.05, 0) is 30.2 Å². The molecular formula is C16H21NO5. The maximum Gasteiger partial charge on any atom is 0.326 e. The summed E-state index contributed by atoms with van der Waals surface area (Å²) >= 11 is 0. The van der Waals surface area contributed by atoms with Crippen molar-refractivity contribution >= 4 is 18.0 Å². The molecule has 0 saturated carbocycles. The van der Waals surface area contributed by atoms with E-state index in [0.717, 1.165) is 0 Å². The molecule has 0 aliphatic heterocycles. The van der Waals surface area contributed by atoms with Gasteiger partial charge in [0.05, 0.1) is 14.2 Å². The Kier molecular flexibility index (Phi) is 6.44. The molecule has 6 heteroatoms. The SMILES string of the molecule is COc1ccc(OC)c(/C=C/C(=O)N[C@H](C(=O)O)C(C)C)c1. The van der Waals surface area contributed by atoms with Gasteiger partial charge in [0, 0.05) is 11.6 Å². The zero-order valence-corrected chi connectivity index (χ0v) is 13.1. The summed E-state index contributed by atoms with van der Waals surface area (Å²) in [5.41, 5.74) is 0.661. The number of methoxy groups -OCH3 is 2. The second-order valence-corrected chi connectivity index (χ2v) is 5.01. The number of amides is 1. The second-order valence-electron chi connectivity index (χ2n) is 5.01. The first kappa shape index (κ1) is 17.6. The molecule has 1 aromatic rings. The quantitative estimate of drug-likeness (QED) is 0.752. The Morgan fingerprint density at radius 3 is 2.41 bits per heavy atom. The normalized spacial score (nSPS) is 12.2. The number of rotatable bonds is 7. The summed E-state index contributed by atoms with van der Waals surface area (Å²) in [4.78, 5) is 22.9. The fraction of sp³-hybridized carbons (Fsp3) is 0.375. The van der Waals surface area contributed by atoms with Crippen LogP contribution in [0.2, 0.25) is 0 Å². The molecule has 0 saturated heterocycles. The highest BCUT2D eigenvalue weighted by Gasteiger charge is 2.22. The summed E-state index contributed by atoms with van der Waals surface area (Å²) in [5.74, 6) is -0.530. The number of aliphatic carboxylic acids is 1. The van der Waals surface area contributed by atoms with E-state index in [2.05, 4.69) is 5.32 Å². The number of benzene rings is 1. The monoisotopic (exact) mass is 307 g/mol. The number of hydrogen-bond acceptors (Lipinski definition) is 4. The molecule has 22 heavy (non-hydrogen) atoms. The van der Waals surface area contributed by atoms with Gasteiger partial charge in [-0.2, -0.15) is 0 Å². The van der Waals surface area contributed by atoms with Crippen molar-refractivity contribution in [2.45, 2.75) is 19.9 Å². The Balaban J connectivity index is 2.87. The largest absolute Gasteiger partial charge is 0.497 e. The van der Waals surface area contributed by atoms with Crippen molar-refractivity contribution in [3.8, 4) is 11.5 Å².